The molecule has 0 radical (unpaired) electrons. The summed E-state index contributed by atoms with van der Waals surface area (Å²) in [6, 6.07) is 12.3. The van der Waals surface area contributed by atoms with E-state index < -0.39 is 10.0 Å². The Morgan fingerprint density at radius 1 is 1.04 bits per heavy atom. The summed E-state index contributed by atoms with van der Waals surface area (Å²) in [7, 11) is -2.07. The normalized spacial score (nSPS) is 16.6. The van der Waals surface area contributed by atoms with Gasteiger partial charge in [0.25, 0.3) is 0 Å². The van der Waals surface area contributed by atoms with Gasteiger partial charge in [-0.2, -0.15) is 4.31 Å². The summed E-state index contributed by atoms with van der Waals surface area (Å²) in [5.41, 5.74) is 1.12. The molecule has 1 fully saturated rings. The number of halogens is 2. The Morgan fingerprint density at radius 3 is 2.38 bits per heavy atom. The molecule has 1 heterocycles. The van der Waals surface area contributed by atoms with Gasteiger partial charge in [-0.05, 0) is 35.9 Å². The Bertz CT molecular complexity index is 882. The number of ether oxygens (including phenoxy) is 1. The molecule has 3 rings (SSSR count). The third-order valence-electron chi connectivity index (χ3n) is 4.39. The van der Waals surface area contributed by atoms with Crippen LogP contribution >= 0.6 is 23.2 Å². The van der Waals surface area contributed by atoms with Crippen molar-refractivity contribution < 1.29 is 13.2 Å². The van der Waals surface area contributed by atoms with Gasteiger partial charge in [-0.15, -0.1) is 0 Å². The van der Waals surface area contributed by atoms with Crippen molar-refractivity contribution in [2.75, 3.05) is 33.3 Å². The number of hydrogen-bond donors (Lipinski definition) is 0. The molecule has 1 aliphatic rings. The average molecular weight is 415 g/mol. The maximum atomic E-state index is 12.8. The van der Waals surface area contributed by atoms with Crippen LogP contribution in [0.1, 0.15) is 5.56 Å². The van der Waals surface area contributed by atoms with Crippen molar-refractivity contribution in [3.8, 4) is 5.75 Å². The van der Waals surface area contributed by atoms with Gasteiger partial charge in [0.2, 0.25) is 10.0 Å². The predicted octanol–water partition coefficient (Wildman–Crippen LogP) is 3.51. The van der Waals surface area contributed by atoms with Gasteiger partial charge in [-0.1, -0.05) is 35.3 Å². The van der Waals surface area contributed by atoms with Gasteiger partial charge in [-0.25, -0.2) is 8.42 Å². The minimum absolute atomic E-state index is 0.187. The zero-order valence-corrected chi connectivity index (χ0v) is 16.7. The van der Waals surface area contributed by atoms with E-state index in [1.807, 2.05) is 24.3 Å². The van der Waals surface area contributed by atoms with Crippen molar-refractivity contribution in [1.29, 1.82) is 0 Å². The maximum Gasteiger partial charge on any atom is 0.243 e. The maximum absolute atomic E-state index is 12.8. The van der Waals surface area contributed by atoms with Crippen molar-refractivity contribution in [1.82, 2.24) is 9.21 Å². The van der Waals surface area contributed by atoms with Crippen molar-refractivity contribution in [3.63, 3.8) is 0 Å². The molecule has 5 nitrogen and oxygen atoms in total. The van der Waals surface area contributed by atoms with E-state index in [0.29, 0.717) is 37.0 Å². The lowest BCUT2D eigenvalue weighted by Crippen LogP contribution is -2.48. The van der Waals surface area contributed by atoms with Crippen LogP contribution in [0.25, 0.3) is 0 Å². The van der Waals surface area contributed by atoms with Crippen LogP contribution in [0.3, 0.4) is 0 Å². The van der Waals surface area contributed by atoms with Crippen molar-refractivity contribution in [2.24, 2.45) is 0 Å². The number of rotatable bonds is 5. The highest BCUT2D eigenvalue weighted by Gasteiger charge is 2.29. The molecule has 0 atom stereocenters. The zero-order valence-electron chi connectivity index (χ0n) is 14.4. The molecule has 1 saturated heterocycles. The largest absolute Gasteiger partial charge is 0.495 e. The van der Waals surface area contributed by atoms with Gasteiger partial charge in [0.05, 0.1) is 17.0 Å². The van der Waals surface area contributed by atoms with Crippen molar-refractivity contribution in [3.05, 3.63) is 58.1 Å². The molecule has 2 aromatic rings. The molecular weight excluding hydrogens is 395 g/mol. The zero-order chi connectivity index (χ0) is 18.7. The third kappa shape index (κ3) is 4.32. The van der Waals surface area contributed by atoms with Crippen LogP contribution in [0.5, 0.6) is 5.75 Å². The summed E-state index contributed by atoms with van der Waals surface area (Å²) >= 11 is 12.1. The lowest BCUT2D eigenvalue weighted by molar-refractivity contribution is 0.181. The Hall–Kier alpha value is -1.31. The summed E-state index contributed by atoms with van der Waals surface area (Å²) in [4.78, 5) is 2.41. The predicted molar refractivity (Wildman–Crippen MR) is 103 cm³/mol. The molecule has 0 aromatic heterocycles. The number of benzene rings is 2. The smallest absolute Gasteiger partial charge is 0.243 e. The van der Waals surface area contributed by atoms with Crippen molar-refractivity contribution >= 4 is 33.2 Å². The van der Waals surface area contributed by atoms with Gasteiger partial charge in [0.15, 0.2) is 0 Å². The Kier molecular flexibility index (Phi) is 6.10. The van der Waals surface area contributed by atoms with Crippen LogP contribution in [-0.2, 0) is 16.6 Å². The minimum Gasteiger partial charge on any atom is -0.495 e. The van der Waals surface area contributed by atoms with E-state index in [0.717, 1.165) is 12.1 Å². The van der Waals surface area contributed by atoms with Gasteiger partial charge in [0, 0.05) is 37.7 Å². The second-order valence-electron chi connectivity index (χ2n) is 6.11. The molecule has 0 unspecified atom stereocenters. The molecule has 0 spiro atoms. The molecule has 8 heteroatoms. The monoisotopic (exact) mass is 414 g/mol. The summed E-state index contributed by atoms with van der Waals surface area (Å²) in [5, 5.41) is 0.994. The topological polar surface area (TPSA) is 49.9 Å². The highest BCUT2D eigenvalue weighted by molar-refractivity contribution is 7.89. The Labute approximate surface area is 164 Å². The molecular formula is C18H20Cl2N2O3S. The lowest BCUT2D eigenvalue weighted by Gasteiger charge is -2.34. The summed E-state index contributed by atoms with van der Waals surface area (Å²) in [6.07, 6.45) is 0. The number of nitrogens with zero attached hydrogens (tertiary/aromatic N) is 2. The SMILES string of the molecule is COc1ccc(S(=O)(=O)N2CCN(Cc3cccc(Cl)c3)CC2)cc1Cl. The lowest BCUT2D eigenvalue weighted by atomic mass is 10.2. The standard InChI is InChI=1S/C18H20Cl2N2O3S/c1-25-18-6-5-16(12-17(18)20)26(23,24)22-9-7-21(8-10-22)13-14-3-2-4-15(19)11-14/h2-6,11-12H,7-10,13H2,1H3. The van der Waals surface area contributed by atoms with Gasteiger partial charge >= 0.3 is 0 Å². The minimum atomic E-state index is -3.57. The molecule has 0 bridgehead atoms. The number of piperazine rings is 1. The quantitative estimate of drug-likeness (QED) is 0.750. The van der Waals surface area contributed by atoms with Gasteiger partial charge < -0.3 is 4.74 Å². The van der Waals surface area contributed by atoms with Crippen LogP contribution in [0, 0.1) is 0 Å². The van der Waals surface area contributed by atoms with E-state index in [2.05, 4.69) is 4.90 Å². The molecule has 0 aliphatic carbocycles. The number of methoxy groups -OCH3 is 1. The van der Waals surface area contributed by atoms with Gasteiger partial charge in [-0.3, -0.25) is 4.90 Å². The summed E-state index contributed by atoms with van der Waals surface area (Å²) in [5.74, 6) is 0.456. The highest BCUT2D eigenvalue weighted by Crippen LogP contribution is 2.28. The summed E-state index contributed by atoms with van der Waals surface area (Å²) in [6.45, 7) is 2.95. The van der Waals surface area contributed by atoms with Gasteiger partial charge in [0.1, 0.15) is 5.75 Å². The fraction of sp³-hybridized carbons (Fsp3) is 0.333. The second kappa shape index (κ2) is 8.15. The van der Waals surface area contributed by atoms with E-state index >= 15 is 0 Å². The van der Waals surface area contributed by atoms with Crippen LogP contribution in [-0.4, -0.2) is 50.9 Å². The average Bonchev–Trinajstić information content (AvgIpc) is 2.62. The second-order valence-corrected chi connectivity index (χ2v) is 8.89. The highest BCUT2D eigenvalue weighted by atomic mass is 35.5. The summed E-state index contributed by atoms with van der Waals surface area (Å²) < 4.78 is 32.3. The van der Waals surface area contributed by atoms with Crippen molar-refractivity contribution in [2.45, 2.75) is 11.4 Å². The molecule has 2 aromatic carbocycles. The fourth-order valence-corrected chi connectivity index (χ4v) is 4.96. The first kappa shape index (κ1) is 19.5. The molecule has 1 aliphatic heterocycles. The fourth-order valence-electron chi connectivity index (χ4n) is 2.98. The Morgan fingerprint density at radius 2 is 1.77 bits per heavy atom. The Balaban J connectivity index is 1.66. The van der Waals surface area contributed by atoms with E-state index in [1.165, 1.54) is 23.5 Å². The van der Waals surface area contributed by atoms with Crippen LogP contribution in [0.4, 0.5) is 0 Å². The van der Waals surface area contributed by atoms with E-state index in [9.17, 15) is 8.42 Å². The molecule has 140 valence electrons. The van der Waals surface area contributed by atoms with E-state index in [1.54, 1.807) is 6.07 Å². The van der Waals surface area contributed by atoms with Crippen LogP contribution < -0.4 is 4.74 Å². The number of hydrogen-bond acceptors (Lipinski definition) is 4. The van der Waals surface area contributed by atoms with Crippen LogP contribution in [0.2, 0.25) is 10.0 Å². The van der Waals surface area contributed by atoms with E-state index in [-0.39, 0.29) is 9.92 Å². The molecule has 0 N–H and O–H groups in total. The van der Waals surface area contributed by atoms with E-state index in [4.69, 9.17) is 27.9 Å². The first-order valence-corrected chi connectivity index (χ1v) is 10.4. The molecule has 0 amide bonds. The third-order valence-corrected chi connectivity index (χ3v) is 6.81. The first-order valence-electron chi connectivity index (χ1n) is 8.20. The molecule has 26 heavy (non-hydrogen) atoms. The first-order chi connectivity index (χ1) is 12.4. The molecule has 0 saturated carbocycles. The number of sulfonamides is 1. The van der Waals surface area contributed by atoms with Crippen LogP contribution in [0.15, 0.2) is 47.4 Å².